The van der Waals surface area contributed by atoms with E-state index in [1.54, 1.807) is 0 Å². The Balaban J connectivity index is 1.92. The molecule has 1 fully saturated rings. The first-order valence-electron chi connectivity index (χ1n) is 10.7. The molecule has 0 saturated heterocycles. The highest BCUT2D eigenvalue weighted by Gasteiger charge is 2.54. The van der Waals surface area contributed by atoms with Crippen LogP contribution in [0.4, 0.5) is 4.79 Å². The highest BCUT2D eigenvalue weighted by atomic mass is 28.4. The largest absolute Gasteiger partial charge is 0.444 e. The zero-order chi connectivity index (χ0) is 22.0. The van der Waals surface area contributed by atoms with E-state index in [2.05, 4.69) is 74.6 Å². The van der Waals surface area contributed by atoms with Gasteiger partial charge in [-0.05, 0) is 49.0 Å². The first kappa shape index (κ1) is 22.6. The molecule has 1 amide bonds. The van der Waals surface area contributed by atoms with Gasteiger partial charge in [0.05, 0.1) is 12.1 Å². The van der Waals surface area contributed by atoms with Gasteiger partial charge in [0, 0.05) is 0 Å². The summed E-state index contributed by atoms with van der Waals surface area (Å²) in [6.45, 7) is 12.9. The minimum Gasteiger partial charge on any atom is -0.444 e. The van der Waals surface area contributed by atoms with Gasteiger partial charge < -0.3 is 14.5 Å². The van der Waals surface area contributed by atoms with E-state index in [-0.39, 0.29) is 16.7 Å². The van der Waals surface area contributed by atoms with E-state index < -0.39 is 13.9 Å². The number of ether oxygens (including phenoxy) is 1. The molecule has 0 bridgehead atoms. The van der Waals surface area contributed by atoms with Gasteiger partial charge in [-0.15, -0.1) is 0 Å². The van der Waals surface area contributed by atoms with E-state index in [0.717, 1.165) is 12.8 Å². The topological polar surface area (TPSA) is 47.6 Å². The molecule has 0 heterocycles. The van der Waals surface area contributed by atoms with E-state index in [1.807, 2.05) is 32.9 Å². The molecular formula is C25H35NO3Si. The maximum Gasteiger partial charge on any atom is 0.408 e. The van der Waals surface area contributed by atoms with Crippen LogP contribution in [-0.4, -0.2) is 32.2 Å². The van der Waals surface area contributed by atoms with Crippen LogP contribution in [0.3, 0.4) is 0 Å². The average molecular weight is 426 g/mol. The minimum absolute atomic E-state index is 0.0856. The molecule has 0 aliphatic heterocycles. The number of hydrogen-bond donors (Lipinski definition) is 1. The van der Waals surface area contributed by atoms with Gasteiger partial charge in [0.2, 0.25) is 0 Å². The maximum atomic E-state index is 12.4. The van der Waals surface area contributed by atoms with Gasteiger partial charge in [-0.25, -0.2) is 4.79 Å². The Morgan fingerprint density at radius 2 is 1.37 bits per heavy atom. The van der Waals surface area contributed by atoms with E-state index in [1.165, 1.54) is 10.4 Å². The van der Waals surface area contributed by atoms with Crippen molar-refractivity contribution in [3.05, 3.63) is 60.7 Å². The van der Waals surface area contributed by atoms with Gasteiger partial charge in [-0.3, -0.25) is 0 Å². The first-order valence-corrected chi connectivity index (χ1v) is 12.6. The van der Waals surface area contributed by atoms with Crippen molar-refractivity contribution in [1.29, 1.82) is 0 Å². The lowest BCUT2D eigenvalue weighted by atomic mass is 10.2. The molecule has 3 rings (SSSR count). The molecule has 2 aromatic rings. The van der Waals surface area contributed by atoms with Crippen molar-refractivity contribution < 1.29 is 14.0 Å². The normalized spacial score (nSPS) is 16.1. The van der Waals surface area contributed by atoms with Crippen LogP contribution in [0.2, 0.25) is 5.04 Å². The van der Waals surface area contributed by atoms with Gasteiger partial charge in [0.15, 0.2) is 0 Å². The van der Waals surface area contributed by atoms with Crippen LogP contribution in [0.25, 0.3) is 0 Å². The fourth-order valence-electron chi connectivity index (χ4n) is 3.98. The molecule has 0 spiro atoms. The molecule has 0 aromatic heterocycles. The Kier molecular flexibility index (Phi) is 6.17. The Morgan fingerprint density at radius 3 is 1.73 bits per heavy atom. The fraction of sp³-hybridized carbons (Fsp3) is 0.480. The molecule has 1 saturated carbocycles. The van der Waals surface area contributed by atoms with Crippen LogP contribution in [0, 0.1) is 0 Å². The predicted molar refractivity (Wildman–Crippen MR) is 125 cm³/mol. The quantitative estimate of drug-likeness (QED) is 0.687. The van der Waals surface area contributed by atoms with Crippen molar-refractivity contribution >= 4 is 24.8 Å². The lowest BCUT2D eigenvalue weighted by molar-refractivity contribution is 0.0475. The molecule has 30 heavy (non-hydrogen) atoms. The van der Waals surface area contributed by atoms with Crippen LogP contribution in [0.5, 0.6) is 0 Å². The molecule has 4 nitrogen and oxygen atoms in total. The van der Waals surface area contributed by atoms with Crippen LogP contribution in [0.15, 0.2) is 60.7 Å². The Labute approximate surface area is 182 Å². The van der Waals surface area contributed by atoms with Crippen LogP contribution in [-0.2, 0) is 9.16 Å². The highest BCUT2D eigenvalue weighted by molar-refractivity contribution is 6.99. The van der Waals surface area contributed by atoms with Gasteiger partial charge in [-0.1, -0.05) is 81.4 Å². The molecule has 1 aliphatic carbocycles. The van der Waals surface area contributed by atoms with Crippen molar-refractivity contribution in [1.82, 2.24) is 5.32 Å². The third-order valence-corrected chi connectivity index (χ3v) is 10.6. The Morgan fingerprint density at radius 1 is 0.900 bits per heavy atom. The van der Waals surface area contributed by atoms with Crippen molar-refractivity contribution in [3.8, 4) is 0 Å². The second kappa shape index (κ2) is 8.20. The molecule has 1 aliphatic rings. The van der Waals surface area contributed by atoms with Crippen LogP contribution in [0.1, 0.15) is 54.4 Å². The van der Waals surface area contributed by atoms with Gasteiger partial charge >= 0.3 is 6.09 Å². The number of nitrogens with one attached hydrogen (secondary N) is 1. The van der Waals surface area contributed by atoms with Gasteiger partial charge in [0.25, 0.3) is 8.32 Å². The minimum atomic E-state index is -2.61. The molecule has 2 aromatic carbocycles. The molecule has 5 heteroatoms. The third kappa shape index (κ3) is 4.95. The SMILES string of the molecule is CC(C)(C)OC(=O)NC1(CO[Si](c2ccccc2)(c2ccccc2)C(C)(C)C)CC1. The van der Waals surface area contributed by atoms with Gasteiger partial charge in [-0.2, -0.15) is 0 Å². The predicted octanol–water partition coefficient (Wildman–Crippen LogP) is 4.62. The molecule has 0 unspecified atom stereocenters. The summed E-state index contributed by atoms with van der Waals surface area (Å²) in [5, 5.41) is 5.50. The van der Waals surface area contributed by atoms with E-state index in [0.29, 0.717) is 6.61 Å². The zero-order valence-electron chi connectivity index (χ0n) is 19.1. The van der Waals surface area contributed by atoms with Crippen molar-refractivity contribution in [2.75, 3.05) is 6.61 Å². The standard InChI is InChI=1S/C25H35NO3Si/c1-23(2,3)29-22(27)26-25(17-18-25)19-28-30(24(4,5)6,20-13-9-7-10-14-20)21-15-11-8-12-16-21/h7-16H,17-19H2,1-6H3,(H,26,27). The summed E-state index contributed by atoms with van der Waals surface area (Å²) in [7, 11) is -2.61. The molecule has 162 valence electrons. The number of benzene rings is 2. The molecular weight excluding hydrogens is 390 g/mol. The van der Waals surface area contributed by atoms with Crippen LogP contribution < -0.4 is 15.7 Å². The Hall–Kier alpha value is -2.11. The Bertz CT molecular complexity index is 810. The number of carbonyl (C=O) groups is 1. The first-order chi connectivity index (χ1) is 14.0. The van der Waals surface area contributed by atoms with Crippen molar-refractivity contribution in [2.45, 2.75) is 70.6 Å². The summed E-state index contributed by atoms with van der Waals surface area (Å²) < 4.78 is 12.5. The number of amides is 1. The lowest BCUT2D eigenvalue weighted by Crippen LogP contribution is -2.67. The van der Waals surface area contributed by atoms with Crippen LogP contribution >= 0.6 is 0 Å². The monoisotopic (exact) mass is 425 g/mol. The summed E-state index contributed by atoms with van der Waals surface area (Å²) in [6.07, 6.45) is 1.44. The maximum absolute atomic E-state index is 12.4. The van der Waals surface area contributed by atoms with Gasteiger partial charge in [0.1, 0.15) is 5.60 Å². The molecule has 0 radical (unpaired) electrons. The molecule has 1 N–H and O–H groups in total. The summed E-state index contributed by atoms with van der Waals surface area (Å²) in [5.74, 6) is 0. The van der Waals surface area contributed by atoms with E-state index in [9.17, 15) is 4.79 Å². The zero-order valence-corrected chi connectivity index (χ0v) is 20.1. The third-order valence-electron chi connectivity index (χ3n) is 5.60. The van der Waals surface area contributed by atoms with Crippen molar-refractivity contribution in [3.63, 3.8) is 0 Å². The summed E-state index contributed by atoms with van der Waals surface area (Å²) in [6, 6.07) is 21.2. The fourth-order valence-corrected chi connectivity index (χ4v) is 8.63. The number of hydrogen-bond acceptors (Lipinski definition) is 3. The highest BCUT2D eigenvalue weighted by Crippen LogP contribution is 2.41. The van der Waals surface area contributed by atoms with E-state index in [4.69, 9.17) is 9.16 Å². The average Bonchev–Trinajstić information content (AvgIpc) is 3.40. The smallest absolute Gasteiger partial charge is 0.408 e. The second-order valence-electron chi connectivity index (χ2n) is 10.4. The number of carbonyl (C=O) groups excluding carboxylic acids is 1. The van der Waals surface area contributed by atoms with E-state index >= 15 is 0 Å². The number of alkyl carbamates (subject to hydrolysis) is 1. The van der Waals surface area contributed by atoms with Crippen molar-refractivity contribution in [2.24, 2.45) is 0 Å². The second-order valence-corrected chi connectivity index (χ2v) is 14.7. The lowest BCUT2D eigenvalue weighted by Gasteiger charge is -2.43. The summed E-state index contributed by atoms with van der Waals surface area (Å²) in [4.78, 5) is 12.4. The summed E-state index contributed by atoms with van der Waals surface area (Å²) >= 11 is 0. The molecule has 0 atom stereocenters. The summed E-state index contributed by atoms with van der Waals surface area (Å²) in [5.41, 5.74) is -0.853. The number of rotatable bonds is 6.